The number of hydrogen-bond acceptors (Lipinski definition) is 3. The minimum atomic E-state index is -0.890. The molecule has 30 heavy (non-hydrogen) atoms. The highest BCUT2D eigenvalue weighted by Crippen LogP contribution is 2.42. The molecular weight excluding hydrogens is 370 g/mol. The quantitative estimate of drug-likeness (QED) is 0.454. The van der Waals surface area contributed by atoms with Crippen LogP contribution < -0.4 is 4.74 Å². The molecule has 164 valence electrons. The van der Waals surface area contributed by atoms with Gasteiger partial charge in [0.15, 0.2) is 0 Å². The minimum absolute atomic E-state index is 0.0478. The summed E-state index contributed by atoms with van der Waals surface area (Å²) in [5.41, 5.74) is 1.35. The fourth-order valence-corrected chi connectivity index (χ4v) is 4.79. The maximum Gasteiger partial charge on any atom is 0.119 e. The molecule has 0 saturated carbocycles. The van der Waals surface area contributed by atoms with Gasteiger partial charge in [-0.05, 0) is 62.5 Å². The number of likely N-dealkylation sites (tertiary alicyclic amines) is 1. The van der Waals surface area contributed by atoms with E-state index in [0.29, 0.717) is 6.61 Å². The van der Waals surface area contributed by atoms with Gasteiger partial charge >= 0.3 is 0 Å². The Morgan fingerprint density at radius 3 is 2.27 bits per heavy atom. The van der Waals surface area contributed by atoms with Gasteiger partial charge in [0.05, 0.1) is 12.2 Å². The van der Waals surface area contributed by atoms with Crippen LogP contribution in [-0.4, -0.2) is 36.2 Å². The number of unbranched alkanes of at least 4 members (excludes halogenated alkanes) is 2. The molecule has 3 nitrogen and oxygen atoms in total. The number of ether oxygens (including phenoxy) is 1. The lowest BCUT2D eigenvalue weighted by molar-refractivity contribution is -0.0167. The zero-order valence-corrected chi connectivity index (χ0v) is 18.9. The van der Waals surface area contributed by atoms with Crippen molar-refractivity contribution in [1.29, 1.82) is 0 Å². The summed E-state index contributed by atoms with van der Waals surface area (Å²) in [5.74, 6) is 0.913. The third kappa shape index (κ3) is 5.86. The van der Waals surface area contributed by atoms with Gasteiger partial charge in [0.1, 0.15) is 5.75 Å². The number of nitrogens with zero attached hydrogens (tertiary/aromatic N) is 1. The van der Waals surface area contributed by atoms with E-state index in [1.54, 1.807) is 0 Å². The van der Waals surface area contributed by atoms with E-state index in [-0.39, 0.29) is 5.92 Å². The topological polar surface area (TPSA) is 32.7 Å². The van der Waals surface area contributed by atoms with Gasteiger partial charge < -0.3 is 14.7 Å². The predicted molar refractivity (Wildman–Crippen MR) is 125 cm³/mol. The van der Waals surface area contributed by atoms with Crippen LogP contribution in [0, 0.1) is 0 Å². The Morgan fingerprint density at radius 2 is 1.63 bits per heavy atom. The average molecular weight is 410 g/mol. The Kier molecular flexibility index (Phi) is 8.77. The van der Waals surface area contributed by atoms with Crippen LogP contribution in [0.4, 0.5) is 0 Å². The van der Waals surface area contributed by atoms with Crippen LogP contribution >= 0.6 is 0 Å². The van der Waals surface area contributed by atoms with Crippen molar-refractivity contribution < 1.29 is 9.84 Å². The zero-order valence-electron chi connectivity index (χ0n) is 18.9. The molecule has 1 aliphatic rings. The molecule has 0 spiro atoms. The summed E-state index contributed by atoms with van der Waals surface area (Å²) in [6, 6.07) is 18.8. The van der Waals surface area contributed by atoms with Gasteiger partial charge in [0.2, 0.25) is 0 Å². The van der Waals surface area contributed by atoms with E-state index in [1.807, 2.05) is 19.1 Å². The van der Waals surface area contributed by atoms with Crippen molar-refractivity contribution >= 4 is 0 Å². The summed E-state index contributed by atoms with van der Waals surface area (Å²) >= 11 is 0. The molecule has 3 heteroatoms. The molecule has 1 heterocycles. The summed E-state index contributed by atoms with van der Waals surface area (Å²) < 4.78 is 5.65. The van der Waals surface area contributed by atoms with Crippen LogP contribution in [-0.2, 0) is 5.60 Å². The maximum absolute atomic E-state index is 12.3. The summed E-state index contributed by atoms with van der Waals surface area (Å²) in [7, 11) is 0. The molecule has 0 amide bonds. The Labute approximate surface area is 183 Å². The second kappa shape index (κ2) is 11.5. The highest BCUT2D eigenvalue weighted by molar-refractivity contribution is 5.35. The van der Waals surface area contributed by atoms with Crippen LogP contribution in [0.2, 0.25) is 0 Å². The first-order chi connectivity index (χ1) is 14.7. The van der Waals surface area contributed by atoms with Crippen molar-refractivity contribution in [2.75, 3.05) is 26.2 Å². The van der Waals surface area contributed by atoms with E-state index in [1.165, 1.54) is 24.8 Å². The molecule has 3 rings (SSSR count). The van der Waals surface area contributed by atoms with Gasteiger partial charge in [-0.2, -0.15) is 0 Å². The van der Waals surface area contributed by atoms with E-state index < -0.39 is 5.60 Å². The number of hydrogen-bond donors (Lipinski definition) is 1. The van der Waals surface area contributed by atoms with Crippen LogP contribution in [0.25, 0.3) is 0 Å². The number of benzene rings is 2. The molecule has 0 aliphatic carbocycles. The lowest BCUT2D eigenvalue weighted by Crippen LogP contribution is -2.42. The second-order valence-corrected chi connectivity index (χ2v) is 8.66. The average Bonchev–Trinajstić information content (AvgIpc) is 2.79. The Bertz CT molecular complexity index is 724. The van der Waals surface area contributed by atoms with Gasteiger partial charge in [-0.25, -0.2) is 0 Å². The Balaban J connectivity index is 1.96. The third-order valence-electron chi connectivity index (χ3n) is 6.49. The van der Waals surface area contributed by atoms with E-state index >= 15 is 0 Å². The molecule has 0 unspecified atom stereocenters. The molecule has 2 atom stereocenters. The van der Waals surface area contributed by atoms with Crippen molar-refractivity contribution in [3.05, 3.63) is 65.7 Å². The highest BCUT2D eigenvalue weighted by Gasteiger charge is 2.40. The molecule has 1 N–H and O–H groups in total. The molecule has 1 aliphatic heterocycles. The fourth-order valence-electron chi connectivity index (χ4n) is 4.79. The highest BCUT2D eigenvalue weighted by atomic mass is 16.5. The zero-order chi connectivity index (χ0) is 21.2. The fraction of sp³-hybridized carbons (Fsp3) is 0.556. The van der Waals surface area contributed by atoms with Crippen molar-refractivity contribution in [3.8, 4) is 5.75 Å². The van der Waals surface area contributed by atoms with Gasteiger partial charge in [-0.15, -0.1) is 0 Å². The summed E-state index contributed by atoms with van der Waals surface area (Å²) in [4.78, 5) is 2.56. The molecule has 0 radical (unpaired) electrons. The van der Waals surface area contributed by atoms with E-state index in [4.69, 9.17) is 4.74 Å². The second-order valence-electron chi connectivity index (χ2n) is 8.66. The lowest BCUT2D eigenvalue weighted by Gasteiger charge is -2.41. The molecular formula is C27H39NO2. The molecule has 2 aromatic rings. The van der Waals surface area contributed by atoms with Gasteiger partial charge in [-0.3, -0.25) is 0 Å². The first kappa shape index (κ1) is 22.8. The first-order valence-corrected chi connectivity index (χ1v) is 11.9. The number of piperidine rings is 1. The monoisotopic (exact) mass is 409 g/mol. The van der Waals surface area contributed by atoms with Gasteiger partial charge in [0, 0.05) is 12.5 Å². The van der Waals surface area contributed by atoms with Crippen LogP contribution in [0.5, 0.6) is 5.75 Å². The first-order valence-electron chi connectivity index (χ1n) is 11.9. The van der Waals surface area contributed by atoms with Crippen molar-refractivity contribution in [3.63, 3.8) is 0 Å². The van der Waals surface area contributed by atoms with Crippen molar-refractivity contribution in [1.82, 2.24) is 4.90 Å². The summed E-state index contributed by atoms with van der Waals surface area (Å²) in [5, 5.41) is 12.3. The van der Waals surface area contributed by atoms with Crippen LogP contribution in [0.1, 0.15) is 75.8 Å². The van der Waals surface area contributed by atoms with Crippen LogP contribution in [0.3, 0.4) is 0 Å². The molecule has 0 bridgehead atoms. The Hall–Kier alpha value is -1.84. The summed E-state index contributed by atoms with van der Waals surface area (Å²) in [6.07, 6.45) is 7.96. The van der Waals surface area contributed by atoms with E-state index in [9.17, 15) is 5.11 Å². The Morgan fingerprint density at radius 1 is 0.933 bits per heavy atom. The predicted octanol–water partition coefficient (Wildman–Crippen LogP) is 6.12. The number of rotatable bonds is 11. The molecule has 1 fully saturated rings. The number of aliphatic hydroxyl groups is 1. The third-order valence-corrected chi connectivity index (χ3v) is 6.49. The van der Waals surface area contributed by atoms with Gasteiger partial charge in [0.25, 0.3) is 0 Å². The van der Waals surface area contributed by atoms with Crippen molar-refractivity contribution in [2.24, 2.45) is 0 Å². The minimum Gasteiger partial charge on any atom is -0.494 e. The summed E-state index contributed by atoms with van der Waals surface area (Å²) in [6.45, 7) is 8.05. The van der Waals surface area contributed by atoms with Gasteiger partial charge in [-0.1, -0.05) is 75.1 Å². The SMILES string of the molecule is CCCCC[C@](O)(c1ccc(OCC)cc1)[C@@H](CN1CCCCC1)c1ccccc1. The molecule has 1 saturated heterocycles. The smallest absolute Gasteiger partial charge is 0.119 e. The lowest BCUT2D eigenvalue weighted by atomic mass is 9.73. The van der Waals surface area contributed by atoms with Crippen molar-refractivity contribution in [2.45, 2.75) is 70.3 Å². The van der Waals surface area contributed by atoms with E-state index in [2.05, 4.69) is 54.3 Å². The molecule has 2 aromatic carbocycles. The van der Waals surface area contributed by atoms with Crippen LogP contribution in [0.15, 0.2) is 54.6 Å². The largest absolute Gasteiger partial charge is 0.494 e. The van der Waals surface area contributed by atoms with E-state index in [0.717, 1.165) is 56.6 Å². The standard InChI is InChI=1S/C27H39NO2/c1-3-5-10-19-27(29,24-15-17-25(18-16-24)30-4-2)26(23-13-8-6-9-14-23)22-28-20-11-7-12-21-28/h6,8-9,13-18,26,29H,3-5,7,10-12,19-22H2,1-2H3/t26-,27-/m0/s1. The molecule has 0 aromatic heterocycles. The maximum atomic E-state index is 12.3. The normalized spacial score (nSPS) is 18.0.